The fourth-order valence-electron chi connectivity index (χ4n) is 3.51. The van der Waals surface area contributed by atoms with Crippen LogP contribution in [-0.4, -0.2) is 52.4 Å². The number of carbonyl (C=O) groups is 2. The topological polar surface area (TPSA) is 102 Å². The van der Waals surface area contributed by atoms with E-state index in [-0.39, 0.29) is 28.7 Å². The number of benzene rings is 3. The third kappa shape index (κ3) is 6.68. The van der Waals surface area contributed by atoms with Crippen LogP contribution in [0.15, 0.2) is 83.8 Å². The number of methoxy groups -OCH3 is 1. The van der Waals surface area contributed by atoms with Gasteiger partial charge in [0.2, 0.25) is 10.0 Å². The zero-order valence-corrected chi connectivity index (χ0v) is 20.6. The van der Waals surface area contributed by atoms with E-state index in [2.05, 4.69) is 5.32 Å². The number of nitrogens with one attached hydrogen (secondary N) is 1. The standard InChI is InChI=1S/C26H28N2O6S/c1-28(2)35(31,32)21-14-15-24(33-3)23(16-21)27-25(29)18-34-26(30)17-22(19-10-6-4-7-11-19)20-12-8-5-9-13-20/h4-16,22H,17-18H2,1-3H3,(H,27,29). The second-order valence-electron chi connectivity index (χ2n) is 7.94. The van der Waals surface area contributed by atoms with Crippen LogP contribution in [0.4, 0.5) is 5.69 Å². The van der Waals surface area contributed by atoms with E-state index < -0.39 is 28.5 Å². The second-order valence-corrected chi connectivity index (χ2v) is 10.1. The molecule has 0 unspecified atom stereocenters. The van der Waals surface area contributed by atoms with Gasteiger partial charge in [-0.25, -0.2) is 12.7 Å². The highest BCUT2D eigenvalue weighted by Gasteiger charge is 2.22. The Hall–Kier alpha value is -3.69. The van der Waals surface area contributed by atoms with Gasteiger partial charge in [0, 0.05) is 20.0 Å². The molecule has 0 saturated carbocycles. The van der Waals surface area contributed by atoms with Gasteiger partial charge in [0.1, 0.15) is 5.75 Å². The maximum atomic E-state index is 12.6. The van der Waals surface area contributed by atoms with E-state index in [0.717, 1.165) is 15.4 Å². The van der Waals surface area contributed by atoms with Crippen molar-refractivity contribution < 1.29 is 27.5 Å². The van der Waals surface area contributed by atoms with Gasteiger partial charge in [0.05, 0.1) is 24.1 Å². The van der Waals surface area contributed by atoms with Gasteiger partial charge in [-0.2, -0.15) is 0 Å². The summed E-state index contributed by atoms with van der Waals surface area (Å²) in [6.07, 6.45) is 0.0567. The average molecular weight is 497 g/mol. The van der Waals surface area contributed by atoms with Crippen LogP contribution in [0.25, 0.3) is 0 Å². The zero-order valence-electron chi connectivity index (χ0n) is 19.8. The Kier molecular flexibility index (Phi) is 8.62. The van der Waals surface area contributed by atoms with Crippen molar-refractivity contribution in [3.63, 3.8) is 0 Å². The van der Waals surface area contributed by atoms with E-state index in [9.17, 15) is 18.0 Å². The van der Waals surface area contributed by atoms with E-state index in [0.29, 0.717) is 0 Å². The van der Waals surface area contributed by atoms with Gasteiger partial charge < -0.3 is 14.8 Å². The molecule has 35 heavy (non-hydrogen) atoms. The van der Waals surface area contributed by atoms with Gasteiger partial charge in [-0.3, -0.25) is 9.59 Å². The SMILES string of the molecule is COc1ccc(S(=O)(=O)N(C)C)cc1NC(=O)COC(=O)CC(c1ccccc1)c1ccccc1. The van der Waals surface area contributed by atoms with Crippen LogP contribution < -0.4 is 10.1 Å². The van der Waals surface area contributed by atoms with E-state index in [4.69, 9.17) is 9.47 Å². The summed E-state index contributed by atoms with van der Waals surface area (Å²) < 4.78 is 36.4. The van der Waals surface area contributed by atoms with Crippen molar-refractivity contribution in [2.24, 2.45) is 0 Å². The Labute approximate surface area is 205 Å². The largest absolute Gasteiger partial charge is 0.495 e. The minimum atomic E-state index is -3.71. The first-order chi connectivity index (χ1) is 16.7. The Morgan fingerprint density at radius 1 is 0.914 bits per heavy atom. The van der Waals surface area contributed by atoms with Gasteiger partial charge >= 0.3 is 5.97 Å². The number of nitrogens with zero attached hydrogens (tertiary/aromatic N) is 1. The molecule has 3 aromatic rings. The van der Waals surface area contributed by atoms with Crippen LogP contribution >= 0.6 is 0 Å². The van der Waals surface area contributed by atoms with Crippen LogP contribution in [0.1, 0.15) is 23.5 Å². The van der Waals surface area contributed by atoms with Crippen molar-refractivity contribution in [1.82, 2.24) is 4.31 Å². The molecule has 0 aliphatic carbocycles. The van der Waals surface area contributed by atoms with Crippen molar-refractivity contribution in [3.8, 4) is 5.75 Å². The highest BCUT2D eigenvalue weighted by Crippen LogP contribution is 2.29. The molecule has 0 radical (unpaired) electrons. The van der Waals surface area contributed by atoms with Gasteiger partial charge in [-0.1, -0.05) is 60.7 Å². The quantitative estimate of drug-likeness (QED) is 0.430. The summed E-state index contributed by atoms with van der Waals surface area (Å²) in [6, 6.07) is 23.3. The molecule has 0 aromatic heterocycles. The molecule has 0 heterocycles. The van der Waals surface area contributed by atoms with Crippen LogP contribution in [0.5, 0.6) is 5.75 Å². The number of anilines is 1. The summed E-state index contributed by atoms with van der Waals surface area (Å²) >= 11 is 0. The van der Waals surface area contributed by atoms with E-state index in [1.807, 2.05) is 60.7 Å². The molecule has 3 aromatic carbocycles. The third-order valence-corrected chi connectivity index (χ3v) is 7.17. The van der Waals surface area contributed by atoms with Crippen molar-refractivity contribution in [1.29, 1.82) is 0 Å². The number of sulfonamides is 1. The molecule has 0 spiro atoms. The number of ether oxygens (including phenoxy) is 2. The van der Waals surface area contributed by atoms with Crippen LogP contribution in [0, 0.1) is 0 Å². The molecule has 1 amide bonds. The molecule has 3 rings (SSSR count). The maximum absolute atomic E-state index is 12.6. The highest BCUT2D eigenvalue weighted by atomic mass is 32.2. The van der Waals surface area contributed by atoms with Crippen molar-refractivity contribution in [2.45, 2.75) is 17.2 Å². The fourth-order valence-corrected chi connectivity index (χ4v) is 4.44. The van der Waals surface area contributed by atoms with Crippen molar-refractivity contribution in [2.75, 3.05) is 33.1 Å². The Balaban J connectivity index is 1.68. The zero-order chi connectivity index (χ0) is 25.4. The molecule has 9 heteroatoms. The smallest absolute Gasteiger partial charge is 0.307 e. The molecular weight excluding hydrogens is 468 g/mol. The molecule has 0 saturated heterocycles. The molecule has 8 nitrogen and oxygen atoms in total. The molecule has 1 N–H and O–H groups in total. The Morgan fingerprint density at radius 3 is 2.00 bits per heavy atom. The predicted octanol–water partition coefficient (Wildman–Crippen LogP) is 3.65. The van der Waals surface area contributed by atoms with Gasteiger partial charge in [-0.05, 0) is 29.3 Å². The summed E-state index contributed by atoms with van der Waals surface area (Å²) in [5.41, 5.74) is 2.08. The summed E-state index contributed by atoms with van der Waals surface area (Å²) in [4.78, 5) is 25.1. The molecular formula is C26H28N2O6S. The fraction of sp³-hybridized carbons (Fsp3) is 0.231. The number of amides is 1. The lowest BCUT2D eigenvalue weighted by Gasteiger charge is -2.18. The number of rotatable bonds is 10. The maximum Gasteiger partial charge on any atom is 0.307 e. The van der Waals surface area contributed by atoms with Crippen LogP contribution in [0.2, 0.25) is 0 Å². The first-order valence-corrected chi connectivity index (χ1v) is 12.3. The molecule has 0 bridgehead atoms. The molecule has 0 aliphatic heterocycles. The minimum Gasteiger partial charge on any atom is -0.495 e. The van der Waals surface area contributed by atoms with E-state index in [1.165, 1.54) is 39.4 Å². The molecule has 0 fully saturated rings. The van der Waals surface area contributed by atoms with Crippen molar-refractivity contribution in [3.05, 3.63) is 90.0 Å². The molecule has 0 aliphatic rings. The average Bonchev–Trinajstić information content (AvgIpc) is 2.87. The Morgan fingerprint density at radius 2 is 1.49 bits per heavy atom. The van der Waals surface area contributed by atoms with E-state index in [1.54, 1.807) is 0 Å². The monoisotopic (exact) mass is 496 g/mol. The summed E-state index contributed by atoms with van der Waals surface area (Å²) in [5.74, 6) is -1.10. The number of hydrogen-bond acceptors (Lipinski definition) is 6. The first-order valence-electron chi connectivity index (χ1n) is 10.9. The van der Waals surface area contributed by atoms with Gasteiger partial charge in [-0.15, -0.1) is 0 Å². The Bertz CT molecular complexity index is 1220. The lowest BCUT2D eigenvalue weighted by molar-refractivity contribution is -0.147. The number of carbonyl (C=O) groups excluding carboxylic acids is 2. The lowest BCUT2D eigenvalue weighted by atomic mass is 9.89. The van der Waals surface area contributed by atoms with Gasteiger partial charge in [0.25, 0.3) is 5.91 Å². The van der Waals surface area contributed by atoms with Crippen LogP contribution in [-0.2, 0) is 24.3 Å². The number of esters is 1. The van der Waals surface area contributed by atoms with E-state index >= 15 is 0 Å². The second kappa shape index (κ2) is 11.6. The predicted molar refractivity (Wildman–Crippen MR) is 133 cm³/mol. The summed E-state index contributed by atoms with van der Waals surface area (Å²) in [6.45, 7) is -0.525. The summed E-state index contributed by atoms with van der Waals surface area (Å²) in [5, 5.41) is 2.56. The molecule has 0 atom stereocenters. The van der Waals surface area contributed by atoms with Gasteiger partial charge in [0.15, 0.2) is 6.61 Å². The summed E-state index contributed by atoms with van der Waals surface area (Å²) in [7, 11) is 0.514. The third-order valence-electron chi connectivity index (χ3n) is 5.36. The lowest BCUT2D eigenvalue weighted by Crippen LogP contribution is -2.24. The van der Waals surface area contributed by atoms with Crippen molar-refractivity contribution >= 4 is 27.6 Å². The minimum absolute atomic E-state index is 0.0100. The normalized spacial score (nSPS) is 11.3. The molecule has 184 valence electrons. The van der Waals surface area contributed by atoms with Crippen LogP contribution in [0.3, 0.4) is 0 Å². The first kappa shape index (κ1) is 25.9. The highest BCUT2D eigenvalue weighted by molar-refractivity contribution is 7.89. The number of hydrogen-bond donors (Lipinski definition) is 1.